The van der Waals surface area contributed by atoms with Gasteiger partial charge in [0.05, 0.1) is 18.4 Å². The van der Waals surface area contributed by atoms with E-state index in [1.807, 2.05) is 10.8 Å². The van der Waals surface area contributed by atoms with Crippen LogP contribution in [0.3, 0.4) is 0 Å². The third-order valence-electron chi connectivity index (χ3n) is 2.63. The molecule has 1 heterocycles. The summed E-state index contributed by atoms with van der Waals surface area (Å²) in [4.78, 5) is 14.2. The van der Waals surface area contributed by atoms with E-state index in [0.717, 1.165) is 12.2 Å². The van der Waals surface area contributed by atoms with Crippen molar-refractivity contribution in [2.45, 2.75) is 6.54 Å². The third kappa shape index (κ3) is 3.21. The van der Waals surface area contributed by atoms with E-state index < -0.39 is 4.92 Å². The maximum atomic E-state index is 10.8. The number of rotatable bonds is 6. The van der Waals surface area contributed by atoms with Gasteiger partial charge < -0.3 is 14.6 Å². The number of nitro benzene ring substituents is 1. The van der Waals surface area contributed by atoms with Gasteiger partial charge in [-0.3, -0.25) is 10.1 Å². The van der Waals surface area contributed by atoms with E-state index in [9.17, 15) is 10.1 Å². The molecular formula is C12H14N4O3. The lowest BCUT2D eigenvalue weighted by Crippen LogP contribution is -2.09. The van der Waals surface area contributed by atoms with Gasteiger partial charge in [-0.1, -0.05) is 0 Å². The average molecular weight is 262 g/mol. The molecule has 0 spiro atoms. The Bertz CT molecular complexity index is 554. The summed E-state index contributed by atoms with van der Waals surface area (Å²) in [5, 5.41) is 13.9. The normalized spacial score (nSPS) is 10.2. The quantitative estimate of drug-likeness (QED) is 0.635. The molecule has 19 heavy (non-hydrogen) atoms. The lowest BCUT2D eigenvalue weighted by molar-refractivity contribution is -0.385. The Morgan fingerprint density at radius 3 is 3.00 bits per heavy atom. The Morgan fingerprint density at radius 2 is 2.37 bits per heavy atom. The molecule has 7 nitrogen and oxygen atoms in total. The molecule has 0 atom stereocenters. The lowest BCUT2D eigenvalue weighted by Gasteiger charge is -2.08. The van der Waals surface area contributed by atoms with Crippen LogP contribution in [0.25, 0.3) is 0 Å². The Hall–Kier alpha value is -2.57. The summed E-state index contributed by atoms with van der Waals surface area (Å²) < 4.78 is 6.94. The van der Waals surface area contributed by atoms with Crippen LogP contribution in [0.1, 0.15) is 0 Å². The van der Waals surface area contributed by atoms with Gasteiger partial charge in [0, 0.05) is 43.3 Å². The zero-order chi connectivity index (χ0) is 13.7. The first-order valence-corrected chi connectivity index (χ1v) is 5.73. The molecule has 1 aromatic carbocycles. The minimum Gasteiger partial charge on any atom is -0.490 e. The summed E-state index contributed by atoms with van der Waals surface area (Å²) in [7, 11) is 1.41. The number of nitro groups is 1. The minimum atomic E-state index is -0.464. The molecule has 0 aliphatic carbocycles. The predicted octanol–water partition coefficient (Wildman–Crippen LogP) is 1.91. The maximum absolute atomic E-state index is 10.8. The minimum absolute atomic E-state index is 0.0392. The number of methoxy groups -OCH3 is 1. The van der Waals surface area contributed by atoms with Gasteiger partial charge in [0.25, 0.3) is 0 Å². The van der Waals surface area contributed by atoms with Gasteiger partial charge in [0.15, 0.2) is 5.75 Å². The van der Waals surface area contributed by atoms with Crippen molar-refractivity contribution >= 4 is 11.4 Å². The van der Waals surface area contributed by atoms with Crippen molar-refractivity contribution in [1.29, 1.82) is 0 Å². The highest BCUT2D eigenvalue weighted by Crippen LogP contribution is 2.29. The maximum Gasteiger partial charge on any atom is 0.311 e. The molecule has 1 aromatic heterocycles. The van der Waals surface area contributed by atoms with Crippen LogP contribution in [-0.4, -0.2) is 28.1 Å². The predicted molar refractivity (Wildman–Crippen MR) is 70.4 cm³/mol. The van der Waals surface area contributed by atoms with Crippen molar-refractivity contribution in [3.05, 3.63) is 47.0 Å². The van der Waals surface area contributed by atoms with Crippen LogP contribution in [-0.2, 0) is 6.54 Å². The molecule has 2 rings (SSSR count). The fourth-order valence-electron chi connectivity index (χ4n) is 1.69. The largest absolute Gasteiger partial charge is 0.490 e. The molecule has 0 aliphatic rings. The van der Waals surface area contributed by atoms with Crippen molar-refractivity contribution in [3.63, 3.8) is 0 Å². The number of benzene rings is 1. The number of ether oxygens (including phenoxy) is 1. The zero-order valence-corrected chi connectivity index (χ0v) is 10.4. The van der Waals surface area contributed by atoms with Gasteiger partial charge in [0.2, 0.25) is 0 Å². The number of hydrogen-bond acceptors (Lipinski definition) is 5. The second-order valence-corrected chi connectivity index (χ2v) is 3.87. The molecule has 0 saturated heterocycles. The van der Waals surface area contributed by atoms with E-state index in [0.29, 0.717) is 6.54 Å². The van der Waals surface area contributed by atoms with Gasteiger partial charge in [-0.15, -0.1) is 0 Å². The molecule has 7 heteroatoms. The van der Waals surface area contributed by atoms with Crippen LogP contribution in [0.2, 0.25) is 0 Å². The van der Waals surface area contributed by atoms with E-state index >= 15 is 0 Å². The molecular weight excluding hydrogens is 248 g/mol. The molecule has 1 N–H and O–H groups in total. The fraction of sp³-hybridized carbons (Fsp3) is 0.250. The van der Waals surface area contributed by atoms with Crippen molar-refractivity contribution in [1.82, 2.24) is 9.55 Å². The van der Waals surface area contributed by atoms with Crippen molar-refractivity contribution in [2.24, 2.45) is 0 Å². The van der Waals surface area contributed by atoms with Gasteiger partial charge in [-0.25, -0.2) is 4.98 Å². The number of nitrogens with one attached hydrogen (secondary N) is 1. The topological polar surface area (TPSA) is 82.2 Å². The van der Waals surface area contributed by atoms with Gasteiger partial charge in [-0.05, 0) is 6.07 Å². The van der Waals surface area contributed by atoms with Crippen LogP contribution in [0.4, 0.5) is 11.4 Å². The van der Waals surface area contributed by atoms with Crippen LogP contribution in [0.15, 0.2) is 36.9 Å². The lowest BCUT2D eigenvalue weighted by atomic mass is 10.2. The van der Waals surface area contributed by atoms with Crippen LogP contribution in [0.5, 0.6) is 5.75 Å². The van der Waals surface area contributed by atoms with E-state index in [1.165, 1.54) is 13.2 Å². The second-order valence-electron chi connectivity index (χ2n) is 3.87. The third-order valence-corrected chi connectivity index (χ3v) is 2.63. The summed E-state index contributed by atoms with van der Waals surface area (Å²) in [6.45, 7) is 1.45. The Morgan fingerprint density at radius 1 is 1.53 bits per heavy atom. The SMILES string of the molecule is COc1cc(NCCn2ccnc2)ccc1[N+](=O)[O-]. The highest BCUT2D eigenvalue weighted by atomic mass is 16.6. The monoisotopic (exact) mass is 262 g/mol. The summed E-state index contributed by atoms with van der Waals surface area (Å²) in [6, 6.07) is 4.71. The summed E-state index contributed by atoms with van der Waals surface area (Å²) in [5.41, 5.74) is 0.741. The molecule has 100 valence electrons. The molecule has 0 amide bonds. The number of anilines is 1. The van der Waals surface area contributed by atoms with Crippen molar-refractivity contribution < 1.29 is 9.66 Å². The van der Waals surface area contributed by atoms with Gasteiger partial charge >= 0.3 is 5.69 Å². The standard InChI is InChI=1S/C12H14N4O3/c1-19-12-8-10(2-3-11(12)16(17)18)14-5-7-15-6-4-13-9-15/h2-4,6,8-9,14H,5,7H2,1H3. The number of aromatic nitrogens is 2. The fourth-order valence-corrected chi connectivity index (χ4v) is 1.69. The van der Waals surface area contributed by atoms with E-state index in [2.05, 4.69) is 10.3 Å². The van der Waals surface area contributed by atoms with Crippen LogP contribution in [0, 0.1) is 10.1 Å². The van der Waals surface area contributed by atoms with E-state index in [1.54, 1.807) is 24.7 Å². The molecule has 0 saturated carbocycles. The van der Waals surface area contributed by atoms with E-state index in [4.69, 9.17) is 4.74 Å². The summed E-state index contributed by atoms with van der Waals surface area (Å²) in [5.74, 6) is 0.248. The smallest absolute Gasteiger partial charge is 0.311 e. The summed E-state index contributed by atoms with van der Waals surface area (Å²) >= 11 is 0. The van der Waals surface area contributed by atoms with Gasteiger partial charge in [-0.2, -0.15) is 0 Å². The number of nitrogens with zero attached hydrogens (tertiary/aromatic N) is 3. The molecule has 0 aliphatic heterocycles. The number of hydrogen-bond donors (Lipinski definition) is 1. The number of imidazole rings is 1. The first-order chi connectivity index (χ1) is 9.20. The highest BCUT2D eigenvalue weighted by Gasteiger charge is 2.14. The molecule has 0 fully saturated rings. The Balaban J connectivity index is 1.99. The van der Waals surface area contributed by atoms with Crippen LogP contribution < -0.4 is 10.1 Å². The molecule has 0 unspecified atom stereocenters. The van der Waals surface area contributed by atoms with Gasteiger partial charge in [0.1, 0.15) is 0 Å². The van der Waals surface area contributed by atoms with Crippen molar-refractivity contribution in [2.75, 3.05) is 19.0 Å². The second kappa shape index (κ2) is 5.85. The first-order valence-electron chi connectivity index (χ1n) is 5.73. The molecule has 0 bridgehead atoms. The average Bonchev–Trinajstić information content (AvgIpc) is 2.91. The Labute approximate surface area is 110 Å². The Kier molecular flexibility index (Phi) is 3.97. The van der Waals surface area contributed by atoms with Crippen molar-refractivity contribution in [3.8, 4) is 5.75 Å². The first kappa shape index (κ1) is 12.9. The highest BCUT2D eigenvalue weighted by molar-refractivity contribution is 5.57. The molecule has 2 aromatic rings. The zero-order valence-electron chi connectivity index (χ0n) is 10.4. The van der Waals surface area contributed by atoms with Crippen LogP contribution >= 0.6 is 0 Å². The van der Waals surface area contributed by atoms with E-state index in [-0.39, 0.29) is 11.4 Å². The molecule has 0 radical (unpaired) electrons. The summed E-state index contributed by atoms with van der Waals surface area (Å²) in [6.07, 6.45) is 5.32.